The number of nitrogens with one attached hydrogen (secondary N) is 1. The highest BCUT2D eigenvalue weighted by molar-refractivity contribution is 5.55. The summed E-state index contributed by atoms with van der Waals surface area (Å²) < 4.78 is 11.3. The summed E-state index contributed by atoms with van der Waals surface area (Å²) in [5, 5.41) is 3.48. The normalized spacial score (nSPS) is 13.9. The van der Waals surface area contributed by atoms with Crippen molar-refractivity contribution in [1.29, 1.82) is 0 Å². The van der Waals surface area contributed by atoms with Crippen LogP contribution in [0.1, 0.15) is 11.1 Å². The summed E-state index contributed by atoms with van der Waals surface area (Å²) in [6.07, 6.45) is 0. The van der Waals surface area contributed by atoms with Crippen LogP contribution in [-0.4, -0.2) is 26.3 Å². The van der Waals surface area contributed by atoms with Crippen LogP contribution in [0.4, 0.5) is 11.4 Å². The number of morpholine rings is 1. The molecule has 28 heavy (non-hydrogen) atoms. The number of benzene rings is 3. The van der Waals surface area contributed by atoms with Crippen molar-refractivity contribution in [2.45, 2.75) is 13.2 Å². The SMILES string of the molecule is c1ccc(COc2ccc(CNc3ccc(N4CCOCC4)cc3)cc2)cc1. The van der Waals surface area contributed by atoms with Crippen LogP contribution in [0.5, 0.6) is 5.75 Å². The molecule has 144 valence electrons. The van der Waals surface area contributed by atoms with Crippen LogP contribution in [-0.2, 0) is 17.9 Å². The second kappa shape index (κ2) is 9.29. The van der Waals surface area contributed by atoms with E-state index in [4.69, 9.17) is 9.47 Å². The molecule has 0 atom stereocenters. The topological polar surface area (TPSA) is 33.7 Å². The predicted octanol–water partition coefficient (Wildman–Crippen LogP) is 4.71. The van der Waals surface area contributed by atoms with Crippen molar-refractivity contribution < 1.29 is 9.47 Å². The molecule has 4 nitrogen and oxygen atoms in total. The molecule has 1 saturated heterocycles. The second-order valence-corrected chi connectivity index (χ2v) is 6.92. The van der Waals surface area contributed by atoms with E-state index >= 15 is 0 Å². The fourth-order valence-electron chi connectivity index (χ4n) is 3.26. The Balaban J connectivity index is 1.26. The van der Waals surface area contributed by atoms with Gasteiger partial charge in [-0.15, -0.1) is 0 Å². The van der Waals surface area contributed by atoms with Crippen molar-refractivity contribution in [2.75, 3.05) is 36.5 Å². The number of nitrogens with zero attached hydrogens (tertiary/aromatic N) is 1. The van der Waals surface area contributed by atoms with E-state index in [1.807, 2.05) is 30.3 Å². The monoisotopic (exact) mass is 374 g/mol. The van der Waals surface area contributed by atoms with E-state index in [0.717, 1.165) is 44.3 Å². The van der Waals surface area contributed by atoms with E-state index in [1.54, 1.807) is 0 Å². The van der Waals surface area contributed by atoms with Crippen LogP contribution in [0.2, 0.25) is 0 Å². The molecule has 1 aliphatic heterocycles. The molecule has 3 aromatic carbocycles. The summed E-state index contributed by atoms with van der Waals surface area (Å²) in [5.41, 5.74) is 4.79. The van der Waals surface area contributed by atoms with Crippen LogP contribution in [0.15, 0.2) is 78.9 Å². The Labute approximate surface area is 166 Å². The highest BCUT2D eigenvalue weighted by atomic mass is 16.5. The lowest BCUT2D eigenvalue weighted by Gasteiger charge is -2.28. The van der Waals surface area contributed by atoms with Gasteiger partial charge in [0.05, 0.1) is 13.2 Å². The van der Waals surface area contributed by atoms with Gasteiger partial charge in [-0.25, -0.2) is 0 Å². The van der Waals surface area contributed by atoms with Gasteiger partial charge in [-0.1, -0.05) is 42.5 Å². The number of ether oxygens (including phenoxy) is 2. The Bertz CT molecular complexity index is 842. The first-order chi connectivity index (χ1) is 13.9. The first kappa shape index (κ1) is 18.4. The van der Waals surface area contributed by atoms with Gasteiger partial charge in [0, 0.05) is 31.0 Å². The van der Waals surface area contributed by atoms with Gasteiger partial charge in [-0.05, 0) is 47.5 Å². The summed E-state index contributed by atoms with van der Waals surface area (Å²) in [7, 11) is 0. The van der Waals surface area contributed by atoms with Gasteiger partial charge in [-0.3, -0.25) is 0 Å². The summed E-state index contributed by atoms with van der Waals surface area (Å²) in [6, 6.07) is 27.1. The van der Waals surface area contributed by atoms with Gasteiger partial charge in [0.1, 0.15) is 12.4 Å². The molecule has 3 aromatic rings. The summed E-state index contributed by atoms with van der Waals surface area (Å²) >= 11 is 0. The highest BCUT2D eigenvalue weighted by Crippen LogP contribution is 2.20. The lowest BCUT2D eigenvalue weighted by Crippen LogP contribution is -2.36. The standard InChI is InChI=1S/C24H26N2O2/c1-2-4-21(5-3-1)19-28-24-12-6-20(7-13-24)18-25-22-8-10-23(11-9-22)26-14-16-27-17-15-26/h1-13,25H,14-19H2. The molecule has 1 N–H and O–H groups in total. The van der Waals surface area contributed by atoms with Crippen LogP contribution in [0, 0.1) is 0 Å². The number of anilines is 2. The molecule has 1 heterocycles. The van der Waals surface area contributed by atoms with Gasteiger partial charge in [0.15, 0.2) is 0 Å². The van der Waals surface area contributed by atoms with E-state index in [0.29, 0.717) is 6.61 Å². The molecule has 0 unspecified atom stereocenters. The van der Waals surface area contributed by atoms with Crippen molar-refractivity contribution in [3.8, 4) is 5.75 Å². The molecule has 0 spiro atoms. The minimum atomic E-state index is 0.591. The molecular formula is C24H26N2O2. The second-order valence-electron chi connectivity index (χ2n) is 6.92. The number of hydrogen-bond donors (Lipinski definition) is 1. The van der Waals surface area contributed by atoms with Crippen molar-refractivity contribution in [1.82, 2.24) is 0 Å². The molecule has 4 heteroatoms. The summed E-state index contributed by atoms with van der Waals surface area (Å²) in [5.74, 6) is 0.891. The van der Waals surface area contributed by atoms with Crippen molar-refractivity contribution in [3.05, 3.63) is 90.0 Å². The highest BCUT2D eigenvalue weighted by Gasteiger charge is 2.10. The minimum absolute atomic E-state index is 0.591. The third kappa shape index (κ3) is 5.05. The van der Waals surface area contributed by atoms with Gasteiger partial charge in [-0.2, -0.15) is 0 Å². The average molecular weight is 374 g/mol. The number of rotatable bonds is 7. The van der Waals surface area contributed by atoms with Crippen LogP contribution in [0.3, 0.4) is 0 Å². The van der Waals surface area contributed by atoms with Gasteiger partial charge in [0.2, 0.25) is 0 Å². The van der Waals surface area contributed by atoms with E-state index in [2.05, 4.69) is 58.7 Å². The molecule has 0 aliphatic carbocycles. The summed E-state index contributed by atoms with van der Waals surface area (Å²) in [4.78, 5) is 2.36. The first-order valence-electron chi connectivity index (χ1n) is 9.79. The van der Waals surface area contributed by atoms with Crippen molar-refractivity contribution in [3.63, 3.8) is 0 Å². The average Bonchev–Trinajstić information content (AvgIpc) is 2.79. The lowest BCUT2D eigenvalue weighted by molar-refractivity contribution is 0.122. The van der Waals surface area contributed by atoms with Gasteiger partial charge in [0.25, 0.3) is 0 Å². The third-order valence-electron chi connectivity index (χ3n) is 4.91. The van der Waals surface area contributed by atoms with E-state index in [1.165, 1.54) is 16.8 Å². The minimum Gasteiger partial charge on any atom is -0.489 e. The lowest BCUT2D eigenvalue weighted by atomic mass is 10.2. The Morgan fingerprint density at radius 1 is 0.786 bits per heavy atom. The molecule has 1 aliphatic rings. The smallest absolute Gasteiger partial charge is 0.119 e. The summed E-state index contributed by atoms with van der Waals surface area (Å²) in [6.45, 7) is 4.93. The van der Waals surface area contributed by atoms with E-state index in [9.17, 15) is 0 Å². The number of hydrogen-bond acceptors (Lipinski definition) is 4. The van der Waals surface area contributed by atoms with E-state index in [-0.39, 0.29) is 0 Å². The zero-order chi connectivity index (χ0) is 19.0. The van der Waals surface area contributed by atoms with E-state index < -0.39 is 0 Å². The third-order valence-corrected chi connectivity index (χ3v) is 4.91. The maximum absolute atomic E-state index is 5.85. The Hall–Kier alpha value is -2.98. The maximum atomic E-state index is 5.85. The molecule has 0 bridgehead atoms. The molecule has 0 amide bonds. The molecule has 0 saturated carbocycles. The van der Waals surface area contributed by atoms with Crippen LogP contribution < -0.4 is 15.0 Å². The molecule has 0 radical (unpaired) electrons. The van der Waals surface area contributed by atoms with Gasteiger partial charge >= 0.3 is 0 Å². The van der Waals surface area contributed by atoms with Crippen LogP contribution in [0.25, 0.3) is 0 Å². The zero-order valence-corrected chi connectivity index (χ0v) is 16.0. The van der Waals surface area contributed by atoms with Gasteiger partial charge < -0.3 is 19.7 Å². The predicted molar refractivity (Wildman–Crippen MR) is 114 cm³/mol. The van der Waals surface area contributed by atoms with Crippen LogP contribution >= 0.6 is 0 Å². The fourth-order valence-corrected chi connectivity index (χ4v) is 3.26. The first-order valence-corrected chi connectivity index (χ1v) is 9.79. The molecule has 0 aromatic heterocycles. The van der Waals surface area contributed by atoms with Crippen molar-refractivity contribution >= 4 is 11.4 Å². The zero-order valence-electron chi connectivity index (χ0n) is 16.0. The Kier molecular flexibility index (Phi) is 6.10. The Morgan fingerprint density at radius 3 is 2.21 bits per heavy atom. The molecule has 1 fully saturated rings. The fraction of sp³-hybridized carbons (Fsp3) is 0.250. The Morgan fingerprint density at radius 2 is 1.50 bits per heavy atom. The largest absolute Gasteiger partial charge is 0.489 e. The maximum Gasteiger partial charge on any atom is 0.119 e. The molecular weight excluding hydrogens is 348 g/mol. The quantitative estimate of drug-likeness (QED) is 0.649. The molecule has 4 rings (SSSR count). The van der Waals surface area contributed by atoms with Crippen molar-refractivity contribution in [2.24, 2.45) is 0 Å².